The summed E-state index contributed by atoms with van der Waals surface area (Å²) in [6.07, 6.45) is 1.56. The molecule has 1 fully saturated rings. The summed E-state index contributed by atoms with van der Waals surface area (Å²) in [4.78, 5) is 18.7. The Hall–Kier alpha value is -3.49. The van der Waals surface area contributed by atoms with Crippen LogP contribution in [0.15, 0.2) is 47.0 Å². The molecular weight excluding hydrogens is 394 g/mol. The fourth-order valence-corrected chi connectivity index (χ4v) is 3.42. The van der Waals surface area contributed by atoms with E-state index in [-0.39, 0.29) is 11.6 Å². The maximum Gasteiger partial charge on any atom is 0.321 e. The third kappa shape index (κ3) is 4.24. The molecule has 0 aliphatic carbocycles. The van der Waals surface area contributed by atoms with Crippen LogP contribution in [0.5, 0.6) is 5.75 Å². The van der Waals surface area contributed by atoms with Crippen LogP contribution in [0.1, 0.15) is 24.7 Å². The van der Waals surface area contributed by atoms with Crippen LogP contribution in [-0.2, 0) is 0 Å². The highest BCUT2D eigenvalue weighted by atomic mass is 19.2. The summed E-state index contributed by atoms with van der Waals surface area (Å²) in [5.74, 6) is -0.488. The first kappa shape index (κ1) is 19.8. The van der Waals surface area contributed by atoms with Crippen LogP contribution in [0.25, 0.3) is 11.4 Å². The van der Waals surface area contributed by atoms with Gasteiger partial charge in [-0.2, -0.15) is 4.98 Å². The van der Waals surface area contributed by atoms with Gasteiger partial charge in [0.25, 0.3) is 0 Å². The van der Waals surface area contributed by atoms with Crippen molar-refractivity contribution in [1.29, 1.82) is 0 Å². The zero-order chi connectivity index (χ0) is 21.1. The van der Waals surface area contributed by atoms with Crippen LogP contribution >= 0.6 is 0 Å². The molecule has 0 spiro atoms. The van der Waals surface area contributed by atoms with E-state index >= 15 is 0 Å². The lowest BCUT2D eigenvalue weighted by Crippen LogP contribution is -2.41. The summed E-state index contributed by atoms with van der Waals surface area (Å²) in [5, 5.41) is 6.65. The van der Waals surface area contributed by atoms with Gasteiger partial charge in [-0.3, -0.25) is 0 Å². The Morgan fingerprint density at radius 2 is 2.10 bits per heavy atom. The predicted molar refractivity (Wildman–Crippen MR) is 105 cm³/mol. The van der Waals surface area contributed by atoms with Crippen LogP contribution < -0.4 is 10.1 Å². The summed E-state index contributed by atoms with van der Waals surface area (Å²) in [7, 11) is 1.59. The number of hydrogen-bond acceptors (Lipinski definition) is 5. The monoisotopic (exact) mass is 414 g/mol. The second-order valence-corrected chi connectivity index (χ2v) is 7.03. The van der Waals surface area contributed by atoms with Crippen molar-refractivity contribution in [3.63, 3.8) is 0 Å². The summed E-state index contributed by atoms with van der Waals surface area (Å²) >= 11 is 0. The molecule has 9 heteroatoms. The Kier molecular flexibility index (Phi) is 5.60. The van der Waals surface area contributed by atoms with E-state index < -0.39 is 17.7 Å². The van der Waals surface area contributed by atoms with Gasteiger partial charge >= 0.3 is 6.03 Å². The minimum Gasteiger partial charge on any atom is -0.497 e. The Bertz CT molecular complexity index is 1060. The first-order valence-corrected chi connectivity index (χ1v) is 9.52. The number of halogens is 2. The molecule has 7 nitrogen and oxygen atoms in total. The Labute approximate surface area is 171 Å². The molecule has 4 rings (SSSR count). The number of likely N-dealkylation sites (tertiary alicyclic amines) is 1. The zero-order valence-corrected chi connectivity index (χ0v) is 16.3. The number of nitrogens with zero attached hydrogens (tertiary/aromatic N) is 3. The average Bonchev–Trinajstić information content (AvgIpc) is 3.27. The Morgan fingerprint density at radius 1 is 1.23 bits per heavy atom. The normalized spacial score (nSPS) is 16.4. The molecule has 2 amide bonds. The molecule has 2 aromatic carbocycles. The van der Waals surface area contributed by atoms with E-state index in [1.165, 1.54) is 6.07 Å². The average molecular weight is 414 g/mol. The maximum atomic E-state index is 13.4. The number of carbonyl (C=O) groups is 1. The van der Waals surface area contributed by atoms with E-state index in [1.807, 2.05) is 24.3 Å². The molecule has 0 radical (unpaired) electrons. The van der Waals surface area contributed by atoms with E-state index in [0.717, 1.165) is 30.5 Å². The van der Waals surface area contributed by atoms with Crippen molar-refractivity contribution in [2.45, 2.75) is 18.8 Å². The second-order valence-electron chi connectivity index (χ2n) is 7.03. The highest BCUT2D eigenvalue weighted by Crippen LogP contribution is 2.29. The molecule has 1 aliphatic rings. The highest BCUT2D eigenvalue weighted by molar-refractivity contribution is 5.89. The number of piperidine rings is 1. The van der Waals surface area contributed by atoms with E-state index in [2.05, 4.69) is 15.5 Å². The molecule has 1 N–H and O–H groups in total. The molecule has 156 valence electrons. The summed E-state index contributed by atoms with van der Waals surface area (Å²) in [5.41, 5.74) is 0.965. The number of urea groups is 1. The molecule has 0 unspecified atom stereocenters. The van der Waals surface area contributed by atoms with E-state index in [0.29, 0.717) is 30.6 Å². The summed E-state index contributed by atoms with van der Waals surface area (Å²) in [6, 6.07) is 10.2. The second kappa shape index (κ2) is 8.48. The number of amides is 2. The van der Waals surface area contributed by atoms with Crippen LogP contribution in [0, 0.1) is 11.6 Å². The van der Waals surface area contributed by atoms with Crippen LogP contribution in [0.3, 0.4) is 0 Å². The highest BCUT2D eigenvalue weighted by Gasteiger charge is 2.29. The topological polar surface area (TPSA) is 80.5 Å². The Balaban J connectivity index is 1.44. The molecule has 0 saturated carbocycles. The van der Waals surface area contributed by atoms with Crippen molar-refractivity contribution in [1.82, 2.24) is 15.0 Å². The van der Waals surface area contributed by atoms with Crippen LogP contribution in [0.4, 0.5) is 19.3 Å². The van der Waals surface area contributed by atoms with Crippen molar-refractivity contribution in [2.24, 2.45) is 0 Å². The van der Waals surface area contributed by atoms with Gasteiger partial charge in [0.05, 0.1) is 13.0 Å². The predicted octanol–water partition coefficient (Wildman–Crippen LogP) is 4.43. The Morgan fingerprint density at radius 3 is 2.90 bits per heavy atom. The van der Waals surface area contributed by atoms with Crippen LogP contribution in [-0.4, -0.2) is 41.3 Å². The van der Waals surface area contributed by atoms with E-state index in [1.54, 1.807) is 12.0 Å². The quantitative estimate of drug-likeness (QED) is 0.683. The molecule has 0 bridgehead atoms. The minimum atomic E-state index is -1.01. The SMILES string of the molecule is COc1cccc(-c2noc([C@H]3CCCN(C(=O)Nc4ccc(F)c(F)c4)C3)n2)c1. The number of ether oxygens (including phenoxy) is 1. The van der Waals surface area contributed by atoms with Gasteiger partial charge in [0.1, 0.15) is 5.75 Å². The number of methoxy groups -OCH3 is 1. The van der Waals surface area contributed by atoms with Gasteiger partial charge < -0.3 is 19.5 Å². The van der Waals surface area contributed by atoms with E-state index in [4.69, 9.17) is 9.26 Å². The van der Waals surface area contributed by atoms with Gasteiger partial charge in [-0.25, -0.2) is 13.6 Å². The van der Waals surface area contributed by atoms with Crippen molar-refractivity contribution >= 4 is 11.7 Å². The number of hydrogen-bond donors (Lipinski definition) is 1. The number of anilines is 1. The fourth-order valence-electron chi connectivity index (χ4n) is 3.42. The fraction of sp³-hybridized carbons (Fsp3) is 0.286. The van der Waals surface area contributed by atoms with Crippen molar-refractivity contribution in [3.8, 4) is 17.1 Å². The molecule has 1 saturated heterocycles. The molecule has 2 heterocycles. The third-order valence-corrected chi connectivity index (χ3v) is 5.00. The lowest BCUT2D eigenvalue weighted by atomic mass is 9.98. The van der Waals surface area contributed by atoms with Gasteiger partial charge in [0, 0.05) is 30.4 Å². The van der Waals surface area contributed by atoms with Gasteiger partial charge in [-0.05, 0) is 37.1 Å². The van der Waals surface area contributed by atoms with Gasteiger partial charge in [-0.1, -0.05) is 17.3 Å². The van der Waals surface area contributed by atoms with Crippen molar-refractivity contribution in [2.75, 3.05) is 25.5 Å². The molecule has 30 heavy (non-hydrogen) atoms. The lowest BCUT2D eigenvalue weighted by Gasteiger charge is -2.31. The molecule has 1 aliphatic heterocycles. The van der Waals surface area contributed by atoms with E-state index in [9.17, 15) is 13.6 Å². The first-order chi connectivity index (χ1) is 14.5. The number of aromatic nitrogens is 2. The smallest absolute Gasteiger partial charge is 0.321 e. The maximum absolute atomic E-state index is 13.4. The van der Waals surface area contributed by atoms with Gasteiger partial charge in [0.15, 0.2) is 11.6 Å². The number of benzene rings is 2. The first-order valence-electron chi connectivity index (χ1n) is 9.52. The molecule has 3 aromatic rings. The largest absolute Gasteiger partial charge is 0.497 e. The number of rotatable bonds is 4. The van der Waals surface area contributed by atoms with Gasteiger partial charge in [-0.15, -0.1) is 0 Å². The molecular formula is C21H20F2N4O3. The number of carbonyl (C=O) groups excluding carboxylic acids is 1. The van der Waals surface area contributed by atoms with Crippen molar-refractivity contribution in [3.05, 3.63) is 60.0 Å². The standard InChI is InChI=1S/C21H20F2N4O3/c1-29-16-6-2-4-13(10-16)19-25-20(30-26-19)14-5-3-9-27(12-14)21(28)24-15-7-8-17(22)18(23)11-15/h2,4,6-8,10-11,14H,3,5,9,12H2,1H3,(H,24,28)/t14-/m0/s1. The lowest BCUT2D eigenvalue weighted by molar-refractivity contribution is 0.184. The molecule has 1 atom stereocenters. The van der Waals surface area contributed by atoms with Gasteiger partial charge in [0.2, 0.25) is 11.7 Å². The zero-order valence-electron chi connectivity index (χ0n) is 16.3. The third-order valence-electron chi connectivity index (χ3n) is 5.00. The van der Waals surface area contributed by atoms with Crippen molar-refractivity contribution < 1.29 is 22.8 Å². The summed E-state index contributed by atoms with van der Waals surface area (Å²) < 4.78 is 37.1. The number of nitrogens with one attached hydrogen (secondary N) is 1. The molecule has 1 aromatic heterocycles. The minimum absolute atomic E-state index is 0.110. The summed E-state index contributed by atoms with van der Waals surface area (Å²) in [6.45, 7) is 0.929. The van der Waals surface area contributed by atoms with Crippen LogP contribution in [0.2, 0.25) is 0 Å².